The average Bonchev–Trinajstić information content (AvgIpc) is 3.37. The number of benzene rings is 1. The van der Waals surface area contributed by atoms with Crippen LogP contribution in [0, 0.1) is 0 Å². The molecule has 3 heterocycles. The molecule has 0 spiro atoms. The highest BCUT2D eigenvalue weighted by molar-refractivity contribution is 7.18. The van der Waals surface area contributed by atoms with Gasteiger partial charge in [0.25, 0.3) is 0 Å². The highest BCUT2D eigenvalue weighted by atomic mass is 35.5. The van der Waals surface area contributed by atoms with Gasteiger partial charge < -0.3 is 4.74 Å². The number of aromatic amines is 1. The van der Waals surface area contributed by atoms with E-state index in [2.05, 4.69) is 10.2 Å². The number of pyridine rings is 1. The second-order valence-electron chi connectivity index (χ2n) is 6.17. The molecular formula is C21H17ClN3O2S+. The van der Waals surface area contributed by atoms with Crippen LogP contribution >= 0.6 is 22.9 Å². The van der Waals surface area contributed by atoms with Gasteiger partial charge in [-0.3, -0.25) is 9.89 Å². The fraction of sp³-hybridized carbons (Fsp3) is 0.0952. The predicted octanol–water partition coefficient (Wildman–Crippen LogP) is 4.54. The molecule has 0 bridgehead atoms. The summed E-state index contributed by atoms with van der Waals surface area (Å²) in [7, 11) is 0. The van der Waals surface area contributed by atoms with Crippen molar-refractivity contribution in [3.05, 3.63) is 88.0 Å². The standard InChI is InChI=1S/C21H17ClN3O2S/c22-21-9-8-20(28-21)19(26)13-25-10-4-5-15(12-25)18-11-16(23-24-18)14-27-17-6-2-1-3-7-17/h1-12H,13-14H2,(H,23,24)/q+1. The summed E-state index contributed by atoms with van der Waals surface area (Å²) in [5.41, 5.74) is 2.59. The van der Waals surface area contributed by atoms with Crippen LogP contribution in [0.4, 0.5) is 0 Å². The molecule has 7 heteroatoms. The van der Waals surface area contributed by atoms with E-state index in [-0.39, 0.29) is 12.3 Å². The number of H-pyrrole nitrogens is 1. The number of halogens is 1. The van der Waals surface area contributed by atoms with Crippen molar-refractivity contribution in [1.29, 1.82) is 0 Å². The van der Waals surface area contributed by atoms with E-state index in [0.717, 1.165) is 22.7 Å². The molecule has 1 N–H and O–H groups in total. The number of hydrogen-bond donors (Lipinski definition) is 1. The molecule has 0 aliphatic carbocycles. The highest BCUT2D eigenvalue weighted by Crippen LogP contribution is 2.22. The zero-order chi connectivity index (χ0) is 19.3. The maximum Gasteiger partial charge on any atom is 0.237 e. The Kier molecular flexibility index (Phi) is 5.50. The Labute approximate surface area is 171 Å². The summed E-state index contributed by atoms with van der Waals surface area (Å²) in [6, 6.07) is 18.9. The molecule has 0 fully saturated rings. The average molecular weight is 411 g/mol. The normalized spacial score (nSPS) is 10.8. The Morgan fingerprint density at radius 2 is 2.00 bits per heavy atom. The minimum Gasteiger partial charge on any atom is -0.487 e. The number of ether oxygens (including phenoxy) is 1. The van der Waals surface area contributed by atoms with Crippen LogP contribution in [0.15, 0.2) is 73.1 Å². The van der Waals surface area contributed by atoms with Gasteiger partial charge in [0.05, 0.1) is 26.2 Å². The number of aromatic nitrogens is 3. The molecule has 4 rings (SSSR count). The Balaban J connectivity index is 1.44. The number of carbonyl (C=O) groups excluding carboxylic acids is 1. The first-order valence-corrected chi connectivity index (χ1v) is 9.87. The number of hydrogen-bond acceptors (Lipinski definition) is 4. The fourth-order valence-corrected chi connectivity index (χ4v) is 3.71. The van der Waals surface area contributed by atoms with Gasteiger partial charge in [-0.05, 0) is 36.4 Å². The van der Waals surface area contributed by atoms with Gasteiger partial charge in [0.15, 0.2) is 12.4 Å². The first-order chi connectivity index (χ1) is 13.7. The lowest BCUT2D eigenvalue weighted by molar-refractivity contribution is -0.682. The molecule has 0 saturated carbocycles. The second kappa shape index (κ2) is 8.37. The van der Waals surface area contributed by atoms with Crippen molar-refractivity contribution >= 4 is 28.7 Å². The molecule has 140 valence electrons. The third kappa shape index (κ3) is 4.47. The van der Waals surface area contributed by atoms with Gasteiger partial charge in [-0.2, -0.15) is 9.67 Å². The van der Waals surface area contributed by atoms with Crippen LogP contribution in [-0.2, 0) is 13.2 Å². The van der Waals surface area contributed by atoms with Gasteiger partial charge in [0.1, 0.15) is 12.4 Å². The Bertz CT molecular complexity index is 1090. The van der Waals surface area contributed by atoms with Gasteiger partial charge in [-0.25, -0.2) is 0 Å². The number of thiophene rings is 1. The molecule has 0 amide bonds. The summed E-state index contributed by atoms with van der Waals surface area (Å²) in [4.78, 5) is 13.0. The zero-order valence-corrected chi connectivity index (χ0v) is 16.4. The number of para-hydroxylation sites is 1. The largest absolute Gasteiger partial charge is 0.487 e. The van der Waals surface area contributed by atoms with Crippen molar-refractivity contribution in [2.24, 2.45) is 0 Å². The van der Waals surface area contributed by atoms with E-state index in [4.69, 9.17) is 16.3 Å². The number of rotatable bonds is 7. The van der Waals surface area contributed by atoms with Gasteiger partial charge >= 0.3 is 0 Å². The van der Waals surface area contributed by atoms with Gasteiger partial charge in [0.2, 0.25) is 12.3 Å². The maximum absolute atomic E-state index is 12.4. The molecule has 0 radical (unpaired) electrons. The van der Waals surface area contributed by atoms with E-state index < -0.39 is 0 Å². The van der Waals surface area contributed by atoms with E-state index in [1.54, 1.807) is 12.1 Å². The number of Topliss-reactive ketones (excluding diaryl/α,β-unsaturated/α-hetero) is 1. The van der Waals surface area contributed by atoms with Gasteiger partial charge in [-0.1, -0.05) is 29.8 Å². The lowest BCUT2D eigenvalue weighted by Gasteiger charge is -2.02. The predicted molar refractivity (Wildman–Crippen MR) is 109 cm³/mol. The second-order valence-corrected chi connectivity index (χ2v) is 7.89. The van der Waals surface area contributed by atoms with Crippen LogP contribution in [0.1, 0.15) is 15.4 Å². The first-order valence-electron chi connectivity index (χ1n) is 8.67. The third-order valence-corrected chi connectivity index (χ3v) is 5.37. The Hall–Kier alpha value is -2.96. The number of nitrogens with one attached hydrogen (secondary N) is 1. The van der Waals surface area contributed by atoms with Crippen LogP contribution in [0.3, 0.4) is 0 Å². The molecule has 0 saturated heterocycles. The zero-order valence-electron chi connectivity index (χ0n) is 14.8. The van der Waals surface area contributed by atoms with Crippen LogP contribution < -0.4 is 9.30 Å². The van der Waals surface area contributed by atoms with Crippen LogP contribution in [0.2, 0.25) is 4.34 Å². The summed E-state index contributed by atoms with van der Waals surface area (Å²) in [5.74, 6) is 0.835. The van der Waals surface area contributed by atoms with Gasteiger partial charge in [-0.15, -0.1) is 11.3 Å². The van der Waals surface area contributed by atoms with Crippen molar-refractivity contribution < 1.29 is 14.1 Å². The molecule has 0 aliphatic heterocycles. The molecule has 3 aromatic heterocycles. The first kappa shape index (κ1) is 18.4. The minimum absolute atomic E-state index is 0.0260. The number of ketones is 1. The molecule has 4 aromatic rings. The van der Waals surface area contributed by atoms with Gasteiger partial charge in [0, 0.05) is 6.07 Å². The summed E-state index contributed by atoms with van der Waals surface area (Å²) in [5, 5.41) is 7.36. The Morgan fingerprint density at radius 3 is 2.79 bits per heavy atom. The lowest BCUT2D eigenvalue weighted by atomic mass is 10.2. The summed E-state index contributed by atoms with van der Waals surface area (Å²) < 4.78 is 8.20. The van der Waals surface area contributed by atoms with Crippen molar-refractivity contribution in [3.63, 3.8) is 0 Å². The molecular weight excluding hydrogens is 394 g/mol. The van der Waals surface area contributed by atoms with Crippen LogP contribution in [0.25, 0.3) is 11.3 Å². The van der Waals surface area contributed by atoms with Crippen molar-refractivity contribution in [2.75, 3.05) is 0 Å². The van der Waals surface area contributed by atoms with E-state index in [0.29, 0.717) is 15.8 Å². The van der Waals surface area contributed by atoms with Crippen LogP contribution in [-0.4, -0.2) is 16.0 Å². The molecule has 28 heavy (non-hydrogen) atoms. The van der Waals surface area contributed by atoms with E-state index in [1.807, 2.05) is 65.5 Å². The van der Waals surface area contributed by atoms with E-state index in [1.165, 1.54) is 11.3 Å². The van der Waals surface area contributed by atoms with E-state index in [9.17, 15) is 4.79 Å². The molecule has 0 atom stereocenters. The van der Waals surface area contributed by atoms with Crippen molar-refractivity contribution in [1.82, 2.24) is 10.2 Å². The van der Waals surface area contributed by atoms with Crippen molar-refractivity contribution in [2.45, 2.75) is 13.2 Å². The number of carbonyl (C=O) groups is 1. The smallest absolute Gasteiger partial charge is 0.237 e. The summed E-state index contributed by atoms with van der Waals surface area (Å²) in [6.45, 7) is 0.653. The molecule has 5 nitrogen and oxygen atoms in total. The molecule has 1 aromatic carbocycles. The number of nitrogens with zero attached hydrogens (tertiary/aromatic N) is 2. The quantitative estimate of drug-likeness (QED) is 0.359. The van der Waals surface area contributed by atoms with Crippen molar-refractivity contribution in [3.8, 4) is 17.0 Å². The maximum atomic E-state index is 12.4. The Morgan fingerprint density at radius 1 is 1.14 bits per heavy atom. The minimum atomic E-state index is 0.0260. The lowest BCUT2D eigenvalue weighted by Crippen LogP contribution is -2.37. The van der Waals surface area contributed by atoms with E-state index >= 15 is 0 Å². The topological polar surface area (TPSA) is 58.9 Å². The highest BCUT2D eigenvalue weighted by Gasteiger charge is 2.16. The molecule has 0 aliphatic rings. The third-order valence-electron chi connectivity index (χ3n) is 4.10. The van der Waals surface area contributed by atoms with Crippen LogP contribution in [0.5, 0.6) is 5.75 Å². The summed E-state index contributed by atoms with van der Waals surface area (Å²) in [6.07, 6.45) is 3.77. The fourth-order valence-electron chi connectivity index (χ4n) is 2.74. The SMILES string of the molecule is O=C(C[n+]1cccc(-c2cc(COc3ccccc3)[nH]n2)c1)c1ccc(Cl)s1. The summed E-state index contributed by atoms with van der Waals surface area (Å²) >= 11 is 7.21. The molecule has 0 unspecified atom stereocenters. The monoisotopic (exact) mass is 410 g/mol.